The molecule has 1 aromatic rings. The topological polar surface area (TPSA) is 86.9 Å². The number of carbonyl (C=O) groups is 2. The number of hydrogen-bond acceptors (Lipinski definition) is 3. The number of carbonyl (C=O) groups excluding carboxylic acids is 1. The van der Waals surface area contributed by atoms with Crippen LogP contribution < -0.4 is 10.6 Å². The van der Waals surface area contributed by atoms with Crippen LogP contribution in [0.1, 0.15) is 12.5 Å². The van der Waals surface area contributed by atoms with E-state index in [4.69, 9.17) is 10.8 Å². The average Bonchev–Trinajstić information content (AvgIpc) is 2.44. The summed E-state index contributed by atoms with van der Waals surface area (Å²) in [4.78, 5) is 25.7. The molecule has 1 heterocycles. The van der Waals surface area contributed by atoms with Crippen molar-refractivity contribution < 1.29 is 14.7 Å². The fourth-order valence-corrected chi connectivity index (χ4v) is 2.09. The Bertz CT molecular complexity index is 501. The van der Waals surface area contributed by atoms with Gasteiger partial charge in [0, 0.05) is 12.2 Å². The molecule has 0 bridgehead atoms. The summed E-state index contributed by atoms with van der Waals surface area (Å²) < 4.78 is 0. The lowest BCUT2D eigenvalue weighted by atomic mass is 10.1. The number of nitrogens with zero attached hydrogens (tertiary/aromatic N) is 2. The normalized spacial score (nSPS) is 15.3. The summed E-state index contributed by atoms with van der Waals surface area (Å²) in [5.74, 6) is -0.232. The second-order valence-corrected chi connectivity index (χ2v) is 4.16. The van der Waals surface area contributed by atoms with E-state index in [1.165, 1.54) is 0 Å². The molecule has 0 spiro atoms. The molecular weight excluding hydrogens is 234 g/mol. The Hall–Kier alpha value is -2.24. The maximum atomic E-state index is 12.0. The van der Waals surface area contributed by atoms with Crippen LogP contribution in [0.5, 0.6) is 0 Å². The number of carboxylic acid groups (broad SMARTS) is 1. The highest BCUT2D eigenvalue weighted by molar-refractivity contribution is 5.98. The number of anilines is 2. The molecule has 0 aliphatic carbocycles. The molecule has 3 N–H and O–H groups in total. The molecule has 0 fully saturated rings. The number of nitrogen functional groups attached to an aromatic ring is 1. The van der Waals surface area contributed by atoms with Gasteiger partial charge in [-0.25, -0.2) is 4.79 Å². The molecule has 0 aromatic heterocycles. The maximum absolute atomic E-state index is 12.0. The number of hydrogen-bond donors (Lipinski definition) is 2. The zero-order valence-corrected chi connectivity index (χ0v) is 10.1. The highest BCUT2D eigenvalue weighted by Gasteiger charge is 2.27. The molecule has 1 aliphatic heterocycles. The highest BCUT2D eigenvalue weighted by atomic mass is 16.4. The maximum Gasteiger partial charge on any atom is 0.408 e. The van der Waals surface area contributed by atoms with E-state index in [0.29, 0.717) is 17.9 Å². The van der Waals surface area contributed by atoms with Crippen LogP contribution in [0.4, 0.5) is 16.2 Å². The fraction of sp³-hybridized carbons (Fsp3) is 0.333. The number of amides is 2. The molecule has 2 rings (SSSR count). The van der Waals surface area contributed by atoms with Gasteiger partial charge in [0.1, 0.15) is 6.54 Å². The fourth-order valence-electron chi connectivity index (χ4n) is 2.09. The average molecular weight is 249 g/mol. The standard InChI is InChI=1S/C12H15N3O3/c1-2-15-10-5-9(13)4-3-8(10)6-14(12(17)18)7-11(15)16/h3-5H,2,6-7,13H2,1H3,(H,17,18). The molecule has 0 unspecified atom stereocenters. The first kappa shape index (κ1) is 12.2. The summed E-state index contributed by atoms with van der Waals surface area (Å²) >= 11 is 0. The van der Waals surface area contributed by atoms with E-state index in [1.807, 2.05) is 6.92 Å². The monoisotopic (exact) mass is 249 g/mol. The minimum Gasteiger partial charge on any atom is -0.465 e. The van der Waals surface area contributed by atoms with Gasteiger partial charge in [0.15, 0.2) is 0 Å². The summed E-state index contributed by atoms with van der Waals surface area (Å²) in [5, 5.41) is 9.05. The lowest BCUT2D eigenvalue weighted by Crippen LogP contribution is -2.39. The van der Waals surface area contributed by atoms with Crippen molar-refractivity contribution in [3.05, 3.63) is 23.8 Å². The van der Waals surface area contributed by atoms with Crippen molar-refractivity contribution >= 4 is 23.4 Å². The Morgan fingerprint density at radius 2 is 2.17 bits per heavy atom. The second-order valence-electron chi connectivity index (χ2n) is 4.16. The van der Waals surface area contributed by atoms with Crippen molar-refractivity contribution in [3.63, 3.8) is 0 Å². The lowest BCUT2D eigenvalue weighted by molar-refractivity contribution is -0.119. The van der Waals surface area contributed by atoms with Gasteiger partial charge in [-0.1, -0.05) is 6.07 Å². The molecule has 96 valence electrons. The zero-order valence-electron chi connectivity index (χ0n) is 10.1. The zero-order chi connectivity index (χ0) is 13.3. The van der Waals surface area contributed by atoms with Crippen LogP contribution in [0, 0.1) is 0 Å². The Morgan fingerprint density at radius 3 is 2.78 bits per heavy atom. The predicted molar refractivity (Wildman–Crippen MR) is 67.3 cm³/mol. The predicted octanol–water partition coefficient (Wildman–Crippen LogP) is 1.12. The van der Waals surface area contributed by atoms with E-state index in [0.717, 1.165) is 10.5 Å². The van der Waals surface area contributed by atoms with Crippen LogP contribution in [0.3, 0.4) is 0 Å². The minimum atomic E-state index is -1.09. The van der Waals surface area contributed by atoms with Crippen molar-refractivity contribution in [2.45, 2.75) is 13.5 Å². The van der Waals surface area contributed by atoms with Crippen LogP contribution in [0.15, 0.2) is 18.2 Å². The number of nitrogens with two attached hydrogens (primary N) is 1. The Kier molecular flexibility index (Phi) is 3.10. The molecule has 2 amide bonds. The Balaban J connectivity index is 2.49. The van der Waals surface area contributed by atoms with Gasteiger partial charge in [0.25, 0.3) is 0 Å². The van der Waals surface area contributed by atoms with E-state index < -0.39 is 6.09 Å². The quantitative estimate of drug-likeness (QED) is 0.730. The van der Waals surface area contributed by atoms with Gasteiger partial charge in [-0.2, -0.15) is 0 Å². The van der Waals surface area contributed by atoms with E-state index >= 15 is 0 Å². The van der Waals surface area contributed by atoms with Gasteiger partial charge in [-0.05, 0) is 24.6 Å². The van der Waals surface area contributed by atoms with Gasteiger partial charge in [-0.15, -0.1) is 0 Å². The van der Waals surface area contributed by atoms with Crippen LogP contribution in [-0.4, -0.2) is 35.1 Å². The van der Waals surface area contributed by atoms with Crippen molar-refractivity contribution in [3.8, 4) is 0 Å². The molecule has 6 nitrogen and oxygen atoms in total. The first-order chi connectivity index (χ1) is 8.52. The second kappa shape index (κ2) is 4.56. The van der Waals surface area contributed by atoms with E-state index in [-0.39, 0.29) is 19.0 Å². The summed E-state index contributed by atoms with van der Waals surface area (Å²) in [5.41, 5.74) is 7.77. The first-order valence-electron chi connectivity index (χ1n) is 5.69. The van der Waals surface area contributed by atoms with Crippen LogP contribution in [-0.2, 0) is 11.3 Å². The molecular formula is C12H15N3O3. The molecule has 18 heavy (non-hydrogen) atoms. The third-order valence-corrected chi connectivity index (χ3v) is 2.98. The minimum absolute atomic E-state index is 0.127. The summed E-state index contributed by atoms with van der Waals surface area (Å²) in [6.07, 6.45) is -1.09. The smallest absolute Gasteiger partial charge is 0.408 e. The summed E-state index contributed by atoms with van der Waals surface area (Å²) in [7, 11) is 0. The Morgan fingerprint density at radius 1 is 1.44 bits per heavy atom. The van der Waals surface area contributed by atoms with E-state index in [9.17, 15) is 9.59 Å². The molecule has 0 saturated heterocycles. The largest absolute Gasteiger partial charge is 0.465 e. The highest BCUT2D eigenvalue weighted by Crippen LogP contribution is 2.27. The molecule has 1 aromatic carbocycles. The number of rotatable bonds is 1. The van der Waals surface area contributed by atoms with Gasteiger partial charge < -0.3 is 15.7 Å². The van der Waals surface area contributed by atoms with Gasteiger partial charge in [0.2, 0.25) is 5.91 Å². The summed E-state index contributed by atoms with van der Waals surface area (Å²) in [6.45, 7) is 2.41. The molecule has 0 radical (unpaired) electrons. The SMILES string of the molecule is CCN1C(=O)CN(C(=O)O)Cc2ccc(N)cc21. The van der Waals surface area contributed by atoms with Crippen LogP contribution >= 0.6 is 0 Å². The van der Waals surface area contributed by atoms with E-state index in [1.54, 1.807) is 23.1 Å². The Labute approximate surface area is 105 Å². The van der Waals surface area contributed by atoms with Crippen molar-refractivity contribution in [2.24, 2.45) is 0 Å². The van der Waals surface area contributed by atoms with Crippen LogP contribution in [0.2, 0.25) is 0 Å². The van der Waals surface area contributed by atoms with E-state index in [2.05, 4.69) is 0 Å². The van der Waals surface area contributed by atoms with Crippen molar-refractivity contribution in [1.29, 1.82) is 0 Å². The summed E-state index contributed by atoms with van der Waals surface area (Å²) in [6, 6.07) is 5.19. The van der Waals surface area contributed by atoms with Gasteiger partial charge >= 0.3 is 6.09 Å². The number of benzene rings is 1. The third-order valence-electron chi connectivity index (χ3n) is 2.98. The van der Waals surface area contributed by atoms with Crippen molar-refractivity contribution in [2.75, 3.05) is 23.7 Å². The number of fused-ring (bicyclic) bond motifs is 1. The molecule has 0 saturated carbocycles. The number of likely N-dealkylation sites (N-methyl/N-ethyl adjacent to an activating group) is 1. The third kappa shape index (κ3) is 2.09. The lowest BCUT2D eigenvalue weighted by Gasteiger charge is -2.20. The molecule has 1 aliphatic rings. The van der Waals surface area contributed by atoms with Gasteiger partial charge in [0.05, 0.1) is 12.2 Å². The van der Waals surface area contributed by atoms with Gasteiger partial charge in [-0.3, -0.25) is 9.69 Å². The molecule has 6 heteroatoms. The first-order valence-corrected chi connectivity index (χ1v) is 5.69. The van der Waals surface area contributed by atoms with Crippen molar-refractivity contribution in [1.82, 2.24) is 4.90 Å². The van der Waals surface area contributed by atoms with Crippen LogP contribution in [0.25, 0.3) is 0 Å². The molecule has 0 atom stereocenters.